The maximum Gasteiger partial charge on any atom is 0.337 e. The normalized spacial score (nSPS) is 21.4. The fourth-order valence-electron chi connectivity index (χ4n) is 3.94. The molecule has 1 spiro atoms. The predicted molar refractivity (Wildman–Crippen MR) is 97.8 cm³/mol. The monoisotopic (exact) mass is 357 g/mol. The number of carbonyl (C=O) groups excluding carboxylic acids is 1. The van der Waals surface area contributed by atoms with E-state index < -0.39 is 0 Å². The van der Waals surface area contributed by atoms with Crippen LogP contribution in [0.3, 0.4) is 0 Å². The number of carbonyl (C=O) groups is 1. The molecule has 1 aliphatic heterocycles. The van der Waals surface area contributed by atoms with Crippen molar-refractivity contribution in [2.24, 2.45) is 0 Å². The van der Waals surface area contributed by atoms with Crippen LogP contribution in [0.25, 0.3) is 0 Å². The van der Waals surface area contributed by atoms with Gasteiger partial charge in [0.2, 0.25) is 0 Å². The number of anilines is 1. The number of methoxy groups -OCH3 is 1. The molecular weight excluding hydrogens is 338 g/mol. The molecule has 0 aromatic heterocycles. The summed E-state index contributed by atoms with van der Waals surface area (Å²) in [7, 11) is 1.39. The average Bonchev–Trinajstić information content (AvgIpc) is 2.81. The van der Waals surface area contributed by atoms with Crippen molar-refractivity contribution in [3.8, 4) is 5.75 Å². The average molecular weight is 358 g/mol. The fourth-order valence-corrected chi connectivity index (χ4v) is 4.14. The van der Waals surface area contributed by atoms with Gasteiger partial charge >= 0.3 is 5.97 Å². The molecule has 1 aliphatic carbocycles. The topological polar surface area (TPSA) is 47.6 Å². The second-order valence-corrected chi connectivity index (χ2v) is 7.22. The van der Waals surface area contributed by atoms with Crippen LogP contribution in [0.15, 0.2) is 36.4 Å². The van der Waals surface area contributed by atoms with Gasteiger partial charge in [0.05, 0.1) is 25.0 Å². The van der Waals surface area contributed by atoms with E-state index in [2.05, 4.69) is 17.4 Å². The summed E-state index contributed by atoms with van der Waals surface area (Å²) in [4.78, 5) is 11.8. The van der Waals surface area contributed by atoms with Crippen LogP contribution in [0.4, 0.5) is 5.69 Å². The van der Waals surface area contributed by atoms with Crippen molar-refractivity contribution in [1.29, 1.82) is 0 Å². The lowest BCUT2D eigenvalue weighted by Gasteiger charge is -2.37. The van der Waals surface area contributed by atoms with Gasteiger partial charge in [0.15, 0.2) is 0 Å². The lowest BCUT2D eigenvalue weighted by Crippen LogP contribution is -2.41. The molecule has 4 nitrogen and oxygen atoms in total. The molecule has 2 aromatic carbocycles. The van der Waals surface area contributed by atoms with Crippen LogP contribution in [-0.4, -0.2) is 26.2 Å². The van der Waals surface area contributed by atoms with Crippen LogP contribution < -0.4 is 10.1 Å². The van der Waals surface area contributed by atoms with Crippen molar-refractivity contribution in [2.45, 2.75) is 24.7 Å². The highest BCUT2D eigenvalue weighted by Crippen LogP contribution is 2.42. The Labute approximate surface area is 152 Å². The number of benzene rings is 2. The fraction of sp³-hybridized carbons (Fsp3) is 0.350. The van der Waals surface area contributed by atoms with Crippen LogP contribution in [-0.2, 0) is 16.6 Å². The number of halogens is 1. The molecule has 4 rings (SSSR count). The van der Waals surface area contributed by atoms with Gasteiger partial charge in [-0.3, -0.25) is 0 Å². The Morgan fingerprint density at radius 1 is 1.28 bits per heavy atom. The number of fused-ring (bicyclic) bond motifs is 3. The highest BCUT2D eigenvalue weighted by molar-refractivity contribution is 6.30. The summed E-state index contributed by atoms with van der Waals surface area (Å²) in [6.07, 6.45) is 3.23. The van der Waals surface area contributed by atoms with Gasteiger partial charge in [0.1, 0.15) is 5.75 Å². The first kappa shape index (κ1) is 16.3. The molecule has 0 radical (unpaired) electrons. The summed E-state index contributed by atoms with van der Waals surface area (Å²) in [5, 5.41) is 4.28. The number of esters is 1. The van der Waals surface area contributed by atoms with Crippen LogP contribution in [0, 0.1) is 0 Å². The number of aryl methyl sites for hydroxylation is 1. The lowest BCUT2D eigenvalue weighted by molar-refractivity contribution is 0.0600. The zero-order chi connectivity index (χ0) is 17.4. The molecule has 25 heavy (non-hydrogen) atoms. The van der Waals surface area contributed by atoms with Crippen LogP contribution in [0.2, 0.25) is 5.02 Å². The van der Waals surface area contributed by atoms with E-state index in [1.54, 1.807) is 12.1 Å². The SMILES string of the molecule is COC(=O)c1ccc2c(c1)NC[C@]1(CCCc3cc(Cl)ccc31)CO2. The third-order valence-electron chi connectivity index (χ3n) is 5.26. The van der Waals surface area contributed by atoms with Crippen molar-refractivity contribution in [1.82, 2.24) is 0 Å². The van der Waals surface area contributed by atoms with Crippen molar-refractivity contribution in [2.75, 3.05) is 25.6 Å². The number of hydrogen-bond donors (Lipinski definition) is 1. The van der Waals surface area contributed by atoms with Gasteiger partial charge in [-0.1, -0.05) is 17.7 Å². The van der Waals surface area contributed by atoms with E-state index >= 15 is 0 Å². The van der Waals surface area contributed by atoms with Gasteiger partial charge in [0.25, 0.3) is 0 Å². The summed E-state index contributed by atoms with van der Waals surface area (Å²) in [5.41, 5.74) is 3.90. The zero-order valence-corrected chi connectivity index (χ0v) is 14.9. The molecule has 0 bridgehead atoms. The maximum absolute atomic E-state index is 11.8. The maximum atomic E-state index is 11.8. The van der Waals surface area contributed by atoms with Gasteiger partial charge in [0, 0.05) is 17.0 Å². The van der Waals surface area contributed by atoms with Crippen molar-refractivity contribution in [3.63, 3.8) is 0 Å². The number of hydrogen-bond acceptors (Lipinski definition) is 4. The summed E-state index contributed by atoms with van der Waals surface area (Å²) >= 11 is 6.18. The molecule has 130 valence electrons. The van der Waals surface area contributed by atoms with Gasteiger partial charge in [-0.25, -0.2) is 4.79 Å². The van der Waals surface area contributed by atoms with E-state index in [0.29, 0.717) is 12.2 Å². The second kappa shape index (κ2) is 6.26. The van der Waals surface area contributed by atoms with Gasteiger partial charge < -0.3 is 14.8 Å². The van der Waals surface area contributed by atoms with E-state index in [4.69, 9.17) is 21.1 Å². The smallest absolute Gasteiger partial charge is 0.337 e. The molecule has 2 aromatic rings. The molecule has 0 unspecified atom stereocenters. The first-order valence-corrected chi connectivity index (χ1v) is 8.87. The Balaban J connectivity index is 1.68. The Morgan fingerprint density at radius 3 is 3.00 bits per heavy atom. The standard InChI is InChI=1S/C20H20ClNO3/c1-24-19(23)14-4-7-18-17(10-14)22-11-20(12-25-18)8-2-3-13-9-15(21)5-6-16(13)20/h4-7,9-10,22H,2-3,8,11-12H2,1H3/t20-/m1/s1. The largest absolute Gasteiger partial charge is 0.490 e. The van der Waals surface area contributed by atoms with E-state index in [1.165, 1.54) is 18.2 Å². The minimum atomic E-state index is -0.346. The molecule has 0 fully saturated rings. The Morgan fingerprint density at radius 2 is 2.16 bits per heavy atom. The quantitative estimate of drug-likeness (QED) is 0.777. The van der Waals surface area contributed by atoms with Crippen molar-refractivity contribution in [3.05, 3.63) is 58.1 Å². The molecule has 2 aliphatic rings. The minimum absolute atomic E-state index is 0.0807. The van der Waals surface area contributed by atoms with Gasteiger partial charge in [-0.15, -0.1) is 0 Å². The third-order valence-corrected chi connectivity index (χ3v) is 5.50. The van der Waals surface area contributed by atoms with Gasteiger partial charge in [-0.05, 0) is 60.7 Å². The van der Waals surface area contributed by atoms with E-state index in [-0.39, 0.29) is 11.4 Å². The van der Waals surface area contributed by atoms with Crippen molar-refractivity contribution < 1.29 is 14.3 Å². The molecule has 0 saturated heterocycles. The summed E-state index contributed by atoms with van der Waals surface area (Å²) in [5.74, 6) is 0.423. The molecule has 0 saturated carbocycles. The zero-order valence-electron chi connectivity index (χ0n) is 14.1. The molecule has 1 N–H and O–H groups in total. The van der Waals surface area contributed by atoms with Crippen LogP contribution in [0.5, 0.6) is 5.75 Å². The van der Waals surface area contributed by atoms with Crippen LogP contribution in [0.1, 0.15) is 34.3 Å². The van der Waals surface area contributed by atoms with E-state index in [0.717, 1.165) is 42.3 Å². The summed E-state index contributed by atoms with van der Waals surface area (Å²) in [6.45, 7) is 1.37. The molecule has 1 heterocycles. The van der Waals surface area contributed by atoms with Crippen LogP contribution >= 0.6 is 11.6 Å². The first-order chi connectivity index (χ1) is 12.1. The lowest BCUT2D eigenvalue weighted by atomic mass is 9.70. The number of rotatable bonds is 1. The molecule has 5 heteroatoms. The summed E-state index contributed by atoms with van der Waals surface area (Å²) < 4.78 is 11.0. The first-order valence-electron chi connectivity index (χ1n) is 8.49. The van der Waals surface area contributed by atoms with Crippen molar-refractivity contribution >= 4 is 23.3 Å². The highest BCUT2D eigenvalue weighted by Gasteiger charge is 2.39. The second-order valence-electron chi connectivity index (χ2n) is 6.78. The number of ether oxygens (including phenoxy) is 2. The molecule has 1 atom stereocenters. The number of nitrogens with one attached hydrogen (secondary N) is 1. The Bertz CT molecular complexity index is 836. The Hall–Kier alpha value is -2.20. The highest BCUT2D eigenvalue weighted by atomic mass is 35.5. The minimum Gasteiger partial charge on any atom is -0.490 e. The third kappa shape index (κ3) is 2.85. The molecule has 0 amide bonds. The Kier molecular flexibility index (Phi) is 4.08. The van der Waals surface area contributed by atoms with Gasteiger partial charge in [-0.2, -0.15) is 0 Å². The predicted octanol–water partition coefficient (Wildman–Crippen LogP) is 4.21. The summed E-state index contributed by atoms with van der Waals surface area (Å²) in [6, 6.07) is 11.5. The van der Waals surface area contributed by atoms with E-state index in [1.807, 2.05) is 12.1 Å². The molecular formula is C20H20ClNO3. The van der Waals surface area contributed by atoms with E-state index in [9.17, 15) is 4.79 Å².